The Hall–Kier alpha value is -3.13. The average Bonchev–Trinajstić information content (AvgIpc) is 2.60. The third kappa shape index (κ3) is 5.18. The molecule has 0 saturated carbocycles. The number of rotatable bonds is 6. The van der Waals surface area contributed by atoms with Crippen molar-refractivity contribution in [1.29, 1.82) is 0 Å². The van der Waals surface area contributed by atoms with Gasteiger partial charge in [-0.3, -0.25) is 0 Å². The number of hydrogen-bond acceptors (Lipinski definition) is 6. The van der Waals surface area contributed by atoms with Crippen LogP contribution in [0.3, 0.4) is 0 Å². The predicted molar refractivity (Wildman–Crippen MR) is 99.7 cm³/mol. The highest BCUT2D eigenvalue weighted by Gasteiger charge is 2.16. The van der Waals surface area contributed by atoms with Gasteiger partial charge in [-0.15, -0.1) is 0 Å². The van der Waals surface area contributed by atoms with Crippen molar-refractivity contribution in [3.05, 3.63) is 60.2 Å². The number of nitrogens with one attached hydrogen (secondary N) is 2. The summed E-state index contributed by atoms with van der Waals surface area (Å²) in [6.07, 6.45) is 0. The van der Waals surface area contributed by atoms with E-state index in [9.17, 15) is 13.9 Å². The van der Waals surface area contributed by atoms with Crippen LogP contribution in [-0.4, -0.2) is 32.2 Å². The van der Waals surface area contributed by atoms with Gasteiger partial charge < -0.3 is 15.7 Å². The number of nitrogens with zero attached hydrogens (tertiary/aromatic N) is 3. The van der Waals surface area contributed by atoms with Gasteiger partial charge in [0, 0.05) is 12.2 Å². The van der Waals surface area contributed by atoms with Gasteiger partial charge in [-0.2, -0.15) is 15.0 Å². The molecule has 2 aromatic carbocycles. The highest BCUT2D eigenvalue weighted by molar-refractivity contribution is 5.61. The van der Waals surface area contributed by atoms with Crippen LogP contribution in [0.25, 0.3) is 11.4 Å². The summed E-state index contributed by atoms with van der Waals surface area (Å²) in [5.74, 6) is -0.505. The zero-order valence-electron chi connectivity index (χ0n) is 14.9. The molecule has 1 aromatic heterocycles. The van der Waals surface area contributed by atoms with E-state index in [-0.39, 0.29) is 29.8 Å². The van der Waals surface area contributed by atoms with Gasteiger partial charge in [-0.05, 0) is 44.2 Å². The molecule has 0 saturated heterocycles. The molecule has 3 N–H and O–H groups in total. The fourth-order valence-electron chi connectivity index (χ4n) is 2.26. The summed E-state index contributed by atoms with van der Waals surface area (Å²) in [5.41, 5.74) is -0.358. The minimum atomic E-state index is -0.999. The second-order valence-corrected chi connectivity index (χ2v) is 6.59. The number of halogens is 2. The van der Waals surface area contributed by atoms with Crippen LogP contribution in [0.1, 0.15) is 13.8 Å². The standard InChI is InChI=1S/C19H19F2N5O/c1-19(2,27)11-22-17-24-16(14-8-3-4-9-15(14)21)25-18(26-17)23-13-7-5-6-12(20)10-13/h3-10,27H,11H2,1-2H3,(H2,22,23,24,25,26). The number of anilines is 3. The summed E-state index contributed by atoms with van der Waals surface area (Å²) in [5, 5.41) is 15.7. The second-order valence-electron chi connectivity index (χ2n) is 6.59. The molecule has 8 heteroatoms. The Morgan fingerprint density at radius 1 is 0.963 bits per heavy atom. The van der Waals surface area contributed by atoms with Gasteiger partial charge in [0.2, 0.25) is 11.9 Å². The second kappa shape index (κ2) is 7.63. The maximum Gasteiger partial charge on any atom is 0.232 e. The van der Waals surface area contributed by atoms with Gasteiger partial charge in [0.15, 0.2) is 5.82 Å². The normalized spacial score (nSPS) is 11.3. The fourth-order valence-corrected chi connectivity index (χ4v) is 2.26. The first-order valence-corrected chi connectivity index (χ1v) is 8.30. The minimum absolute atomic E-state index is 0.111. The topological polar surface area (TPSA) is 83.0 Å². The van der Waals surface area contributed by atoms with Crippen molar-refractivity contribution in [3.8, 4) is 11.4 Å². The van der Waals surface area contributed by atoms with Crippen LogP contribution in [0.15, 0.2) is 48.5 Å². The van der Waals surface area contributed by atoms with Crippen molar-refractivity contribution < 1.29 is 13.9 Å². The van der Waals surface area contributed by atoms with Gasteiger partial charge in [0.25, 0.3) is 0 Å². The lowest BCUT2D eigenvalue weighted by molar-refractivity contribution is 0.0943. The summed E-state index contributed by atoms with van der Waals surface area (Å²) < 4.78 is 27.6. The van der Waals surface area contributed by atoms with E-state index >= 15 is 0 Å². The van der Waals surface area contributed by atoms with Crippen LogP contribution in [0.5, 0.6) is 0 Å². The summed E-state index contributed by atoms with van der Waals surface area (Å²) in [4.78, 5) is 12.7. The van der Waals surface area contributed by atoms with Gasteiger partial charge in [-0.1, -0.05) is 18.2 Å². The number of aliphatic hydroxyl groups is 1. The summed E-state index contributed by atoms with van der Waals surface area (Å²) in [6, 6.07) is 11.9. The fraction of sp³-hybridized carbons (Fsp3) is 0.211. The van der Waals surface area contributed by atoms with Crippen molar-refractivity contribution in [2.75, 3.05) is 17.2 Å². The molecule has 140 valence electrons. The van der Waals surface area contributed by atoms with E-state index in [2.05, 4.69) is 25.6 Å². The molecule has 0 unspecified atom stereocenters. The van der Waals surface area contributed by atoms with E-state index in [1.165, 1.54) is 18.2 Å². The highest BCUT2D eigenvalue weighted by atomic mass is 19.1. The average molecular weight is 371 g/mol. The summed E-state index contributed by atoms with van der Waals surface area (Å²) in [7, 11) is 0. The highest BCUT2D eigenvalue weighted by Crippen LogP contribution is 2.23. The summed E-state index contributed by atoms with van der Waals surface area (Å²) in [6.45, 7) is 3.43. The lowest BCUT2D eigenvalue weighted by Crippen LogP contribution is -2.30. The molecular formula is C19H19F2N5O. The molecule has 3 aromatic rings. The molecule has 0 fully saturated rings. The molecule has 0 spiro atoms. The van der Waals surface area contributed by atoms with E-state index in [0.717, 1.165) is 0 Å². The Labute approximate surface area is 155 Å². The smallest absolute Gasteiger partial charge is 0.232 e. The first kappa shape index (κ1) is 18.7. The molecule has 0 aliphatic heterocycles. The quantitative estimate of drug-likeness (QED) is 0.612. The van der Waals surface area contributed by atoms with Crippen molar-refractivity contribution in [1.82, 2.24) is 15.0 Å². The first-order chi connectivity index (χ1) is 12.8. The van der Waals surface area contributed by atoms with Gasteiger partial charge in [-0.25, -0.2) is 8.78 Å². The number of benzene rings is 2. The van der Waals surface area contributed by atoms with Gasteiger partial charge in [0.1, 0.15) is 11.6 Å². The molecule has 27 heavy (non-hydrogen) atoms. The Morgan fingerprint density at radius 2 is 1.70 bits per heavy atom. The Balaban J connectivity index is 1.98. The molecule has 0 aliphatic carbocycles. The van der Waals surface area contributed by atoms with E-state index in [0.29, 0.717) is 5.69 Å². The third-order valence-electron chi connectivity index (χ3n) is 3.51. The van der Waals surface area contributed by atoms with E-state index < -0.39 is 17.2 Å². The number of aromatic nitrogens is 3. The van der Waals surface area contributed by atoms with E-state index in [4.69, 9.17) is 0 Å². The molecule has 0 radical (unpaired) electrons. The van der Waals surface area contributed by atoms with Crippen molar-refractivity contribution in [3.63, 3.8) is 0 Å². The van der Waals surface area contributed by atoms with Crippen molar-refractivity contribution >= 4 is 17.6 Å². The molecule has 1 heterocycles. The molecule has 0 atom stereocenters. The molecular weight excluding hydrogens is 352 g/mol. The Bertz CT molecular complexity index is 943. The van der Waals surface area contributed by atoms with Gasteiger partial charge >= 0.3 is 0 Å². The zero-order valence-corrected chi connectivity index (χ0v) is 14.9. The molecule has 0 bridgehead atoms. The zero-order chi connectivity index (χ0) is 19.4. The minimum Gasteiger partial charge on any atom is -0.389 e. The maximum atomic E-state index is 14.2. The maximum absolute atomic E-state index is 14.2. The van der Waals surface area contributed by atoms with Crippen LogP contribution >= 0.6 is 0 Å². The van der Waals surface area contributed by atoms with Crippen LogP contribution in [0.4, 0.5) is 26.4 Å². The van der Waals surface area contributed by atoms with Crippen molar-refractivity contribution in [2.24, 2.45) is 0 Å². The lowest BCUT2D eigenvalue weighted by atomic mass is 10.1. The van der Waals surface area contributed by atoms with Crippen LogP contribution in [-0.2, 0) is 0 Å². The van der Waals surface area contributed by atoms with E-state index in [1.807, 2.05) is 0 Å². The van der Waals surface area contributed by atoms with E-state index in [1.54, 1.807) is 44.2 Å². The Morgan fingerprint density at radius 3 is 2.41 bits per heavy atom. The predicted octanol–water partition coefficient (Wildman–Crippen LogP) is 3.74. The van der Waals surface area contributed by atoms with Crippen LogP contribution < -0.4 is 10.6 Å². The summed E-state index contributed by atoms with van der Waals surface area (Å²) >= 11 is 0. The van der Waals surface area contributed by atoms with Crippen molar-refractivity contribution in [2.45, 2.75) is 19.4 Å². The molecule has 3 rings (SSSR count). The SMILES string of the molecule is CC(C)(O)CNc1nc(Nc2cccc(F)c2)nc(-c2ccccc2F)n1. The van der Waals surface area contributed by atoms with Crippen LogP contribution in [0.2, 0.25) is 0 Å². The van der Waals surface area contributed by atoms with Crippen LogP contribution in [0, 0.1) is 11.6 Å². The molecule has 0 aliphatic rings. The molecule has 6 nitrogen and oxygen atoms in total. The number of hydrogen-bond donors (Lipinski definition) is 3. The monoisotopic (exact) mass is 371 g/mol. The molecule has 0 amide bonds. The largest absolute Gasteiger partial charge is 0.389 e. The van der Waals surface area contributed by atoms with Gasteiger partial charge in [0.05, 0.1) is 11.2 Å². The lowest BCUT2D eigenvalue weighted by Gasteiger charge is -2.18. The first-order valence-electron chi connectivity index (χ1n) is 8.30. The Kier molecular flexibility index (Phi) is 5.27. The third-order valence-corrected chi connectivity index (χ3v) is 3.51.